The van der Waals surface area contributed by atoms with E-state index in [0.717, 1.165) is 66.4 Å². The van der Waals surface area contributed by atoms with Gasteiger partial charge in [-0.15, -0.1) is 0 Å². The minimum Gasteiger partial charge on any atom is -0.496 e. The van der Waals surface area contributed by atoms with E-state index in [-0.39, 0.29) is 0 Å². The van der Waals surface area contributed by atoms with Gasteiger partial charge in [-0.2, -0.15) is 0 Å². The third-order valence-corrected chi connectivity index (χ3v) is 6.70. The van der Waals surface area contributed by atoms with Crippen LogP contribution in [-0.4, -0.2) is 14.2 Å². The number of hydrogen-bond donors (Lipinski definition) is 0. The number of methoxy groups -OCH3 is 2. The second kappa shape index (κ2) is 14.6. The summed E-state index contributed by atoms with van der Waals surface area (Å²) in [5, 5.41) is 2.21. The Kier molecular flexibility index (Phi) is 11.9. The van der Waals surface area contributed by atoms with Crippen molar-refractivity contribution in [2.24, 2.45) is 0 Å². The van der Waals surface area contributed by atoms with Crippen LogP contribution in [0.4, 0.5) is 0 Å². The van der Waals surface area contributed by atoms with E-state index >= 15 is 0 Å². The normalized spacial score (nSPS) is 12.7. The van der Waals surface area contributed by atoms with Crippen molar-refractivity contribution in [3.8, 4) is 11.5 Å². The predicted octanol–water partition coefficient (Wildman–Crippen LogP) is 9.85. The number of benzene rings is 2. The van der Waals surface area contributed by atoms with Gasteiger partial charge in [0.05, 0.1) is 14.2 Å². The van der Waals surface area contributed by atoms with Gasteiger partial charge in [-0.25, -0.2) is 0 Å². The van der Waals surface area contributed by atoms with Crippen molar-refractivity contribution >= 4 is 10.8 Å². The molecule has 2 aromatic rings. The van der Waals surface area contributed by atoms with Gasteiger partial charge in [0.1, 0.15) is 11.5 Å². The van der Waals surface area contributed by atoms with Gasteiger partial charge < -0.3 is 9.47 Å². The third-order valence-electron chi connectivity index (χ3n) is 6.70. The molecular formula is C33H46O2. The smallest absolute Gasteiger partial charge is 0.130 e. The van der Waals surface area contributed by atoms with Gasteiger partial charge in [0.2, 0.25) is 0 Å². The molecule has 0 aliphatic rings. The minimum absolute atomic E-state index is 0.849. The molecule has 35 heavy (non-hydrogen) atoms. The van der Waals surface area contributed by atoms with Crippen molar-refractivity contribution in [1.29, 1.82) is 0 Å². The zero-order valence-corrected chi connectivity index (χ0v) is 23.4. The van der Waals surface area contributed by atoms with E-state index < -0.39 is 0 Å². The van der Waals surface area contributed by atoms with Crippen LogP contribution >= 0.6 is 0 Å². The average molecular weight is 475 g/mol. The molecule has 0 heterocycles. The lowest BCUT2D eigenvalue weighted by molar-refractivity contribution is 0.404. The van der Waals surface area contributed by atoms with E-state index in [1.54, 1.807) is 14.2 Å². The van der Waals surface area contributed by atoms with Crippen molar-refractivity contribution in [2.75, 3.05) is 14.2 Å². The molecule has 2 heteroatoms. The van der Waals surface area contributed by atoms with Crippen molar-refractivity contribution in [1.82, 2.24) is 0 Å². The average Bonchev–Trinajstić information content (AvgIpc) is 2.82. The number of ether oxygens (including phenoxy) is 2. The second-order valence-corrected chi connectivity index (χ2v) is 9.97. The third kappa shape index (κ3) is 8.76. The maximum Gasteiger partial charge on any atom is 0.130 e. The highest BCUT2D eigenvalue weighted by molar-refractivity contribution is 5.96. The van der Waals surface area contributed by atoms with Crippen LogP contribution in [0.5, 0.6) is 11.5 Å². The molecule has 0 unspecified atom stereocenters. The summed E-state index contributed by atoms with van der Waals surface area (Å²) in [6.07, 6.45) is 17.1. The molecule has 0 aliphatic heterocycles. The summed E-state index contributed by atoms with van der Waals surface area (Å²) in [4.78, 5) is 0. The van der Waals surface area contributed by atoms with Crippen molar-refractivity contribution in [3.63, 3.8) is 0 Å². The van der Waals surface area contributed by atoms with Crippen molar-refractivity contribution in [3.05, 3.63) is 82.0 Å². The Morgan fingerprint density at radius 2 is 1.11 bits per heavy atom. The van der Waals surface area contributed by atoms with Crippen molar-refractivity contribution in [2.45, 2.75) is 86.5 Å². The van der Waals surface area contributed by atoms with Gasteiger partial charge in [0.25, 0.3) is 0 Å². The molecule has 2 aromatic carbocycles. The lowest BCUT2D eigenvalue weighted by Gasteiger charge is -2.18. The number of hydrogen-bond acceptors (Lipinski definition) is 2. The van der Waals surface area contributed by atoms with E-state index in [0.29, 0.717) is 0 Å². The highest BCUT2D eigenvalue weighted by Crippen LogP contribution is 2.40. The van der Waals surface area contributed by atoms with Crippen LogP contribution in [0.2, 0.25) is 0 Å². The minimum atomic E-state index is 0.849. The molecule has 2 nitrogen and oxygen atoms in total. The number of rotatable bonds is 13. The molecule has 2 rings (SSSR count). The molecule has 0 fully saturated rings. The molecule has 0 saturated heterocycles. The predicted molar refractivity (Wildman–Crippen MR) is 154 cm³/mol. The molecule has 0 atom stereocenters. The molecule has 0 radical (unpaired) electrons. The monoisotopic (exact) mass is 474 g/mol. The van der Waals surface area contributed by atoms with E-state index in [2.05, 4.69) is 84.0 Å². The quantitative estimate of drug-likeness (QED) is 0.269. The summed E-state index contributed by atoms with van der Waals surface area (Å²) in [5.41, 5.74) is 8.19. The van der Waals surface area contributed by atoms with E-state index in [9.17, 15) is 0 Å². The highest BCUT2D eigenvalue weighted by Gasteiger charge is 2.17. The summed E-state index contributed by atoms with van der Waals surface area (Å²) in [6, 6.07) is 8.32. The summed E-state index contributed by atoms with van der Waals surface area (Å²) < 4.78 is 11.6. The zero-order valence-electron chi connectivity index (χ0n) is 23.4. The Morgan fingerprint density at radius 3 is 1.60 bits per heavy atom. The van der Waals surface area contributed by atoms with Crippen LogP contribution in [-0.2, 0) is 6.42 Å². The van der Waals surface area contributed by atoms with Crippen molar-refractivity contribution < 1.29 is 9.47 Å². The summed E-state index contributed by atoms with van der Waals surface area (Å²) >= 11 is 0. The van der Waals surface area contributed by atoms with E-state index in [1.807, 2.05) is 6.07 Å². The molecule has 0 aromatic heterocycles. The molecule has 0 aliphatic carbocycles. The zero-order chi connectivity index (χ0) is 25.8. The first kappa shape index (κ1) is 28.5. The molecule has 190 valence electrons. The van der Waals surface area contributed by atoms with Gasteiger partial charge in [-0.3, -0.25) is 0 Å². The van der Waals surface area contributed by atoms with Gasteiger partial charge in [-0.05, 0) is 92.1 Å². The van der Waals surface area contributed by atoms with Gasteiger partial charge in [-0.1, -0.05) is 70.9 Å². The Morgan fingerprint density at radius 1 is 0.657 bits per heavy atom. The standard InChI is InChI=1S/C33H46O2/c1-24(2)14-11-15-25(3)16-12-17-26(4)18-13-19-27(5)22-23-29-28(6)32(34-7)30-20-9-10-21-31(30)33(29)35-8/h9-10,14,16,18,20-22H,11-13,15,17,19,23H2,1-8H3. The Bertz CT molecular complexity index is 1090. The van der Waals surface area contributed by atoms with Crippen LogP contribution in [0.1, 0.15) is 84.3 Å². The lowest BCUT2D eigenvalue weighted by atomic mass is 9.95. The highest BCUT2D eigenvalue weighted by atomic mass is 16.5. The van der Waals surface area contributed by atoms with Gasteiger partial charge in [0, 0.05) is 16.3 Å². The van der Waals surface area contributed by atoms with Crippen LogP contribution in [0.3, 0.4) is 0 Å². The van der Waals surface area contributed by atoms with Crippen LogP contribution < -0.4 is 9.47 Å². The topological polar surface area (TPSA) is 18.5 Å². The molecule has 0 bridgehead atoms. The molecule has 0 amide bonds. The first-order valence-electron chi connectivity index (χ1n) is 13.0. The fraction of sp³-hybridized carbons (Fsp3) is 0.455. The fourth-order valence-corrected chi connectivity index (χ4v) is 4.56. The molecule has 0 spiro atoms. The second-order valence-electron chi connectivity index (χ2n) is 9.97. The molecule has 0 saturated carbocycles. The van der Waals surface area contributed by atoms with Crippen LogP contribution in [0.15, 0.2) is 70.9 Å². The van der Waals surface area contributed by atoms with E-state index in [4.69, 9.17) is 9.47 Å². The first-order chi connectivity index (χ1) is 16.8. The lowest BCUT2D eigenvalue weighted by Crippen LogP contribution is -2.00. The fourth-order valence-electron chi connectivity index (χ4n) is 4.56. The molecular weight excluding hydrogens is 428 g/mol. The maximum absolute atomic E-state index is 5.87. The summed E-state index contributed by atoms with van der Waals surface area (Å²) in [7, 11) is 3.52. The van der Waals surface area contributed by atoms with Crippen LogP contribution in [0.25, 0.3) is 10.8 Å². The van der Waals surface area contributed by atoms with E-state index in [1.165, 1.54) is 34.3 Å². The Hall–Kier alpha value is -2.74. The summed E-state index contributed by atoms with van der Waals surface area (Å²) in [5.74, 6) is 1.91. The Balaban J connectivity index is 1.96. The first-order valence-corrected chi connectivity index (χ1v) is 13.0. The number of allylic oxidation sites excluding steroid dienone is 8. The number of fused-ring (bicyclic) bond motifs is 1. The maximum atomic E-state index is 5.87. The SMILES string of the molecule is COc1c(C)c(CC=C(C)CCC=C(C)CCC=C(C)CCC=C(C)C)c(OC)c2ccccc12. The molecule has 0 N–H and O–H groups in total. The largest absolute Gasteiger partial charge is 0.496 e. The summed E-state index contributed by atoms with van der Waals surface area (Å²) in [6.45, 7) is 13.2. The van der Waals surface area contributed by atoms with Gasteiger partial charge in [0.15, 0.2) is 0 Å². The van der Waals surface area contributed by atoms with Crippen LogP contribution in [0, 0.1) is 6.92 Å². The van der Waals surface area contributed by atoms with Gasteiger partial charge >= 0.3 is 0 Å². The Labute approximate surface area is 214 Å².